The number of hydrogen-bond acceptors (Lipinski definition) is 4. The van der Waals surface area contributed by atoms with E-state index in [2.05, 4.69) is 28.9 Å². The Morgan fingerprint density at radius 1 is 1.24 bits per heavy atom. The van der Waals surface area contributed by atoms with Crippen LogP contribution in [0.25, 0.3) is 0 Å². The highest BCUT2D eigenvalue weighted by Gasteiger charge is 2.21. The van der Waals surface area contributed by atoms with Crippen LogP contribution in [0.15, 0.2) is 23.2 Å². The van der Waals surface area contributed by atoms with Crippen LogP contribution in [-0.2, 0) is 10.0 Å². The highest BCUT2D eigenvalue weighted by atomic mass is 32.2. The van der Waals surface area contributed by atoms with Crippen LogP contribution >= 0.6 is 0 Å². The molecule has 21 heavy (non-hydrogen) atoms. The van der Waals surface area contributed by atoms with E-state index in [4.69, 9.17) is 0 Å². The molecule has 0 bridgehead atoms. The fourth-order valence-electron chi connectivity index (χ4n) is 1.95. The molecule has 0 saturated heterocycles. The van der Waals surface area contributed by atoms with E-state index in [-0.39, 0.29) is 10.9 Å². The lowest BCUT2D eigenvalue weighted by atomic mass is 10.1. The van der Waals surface area contributed by atoms with Gasteiger partial charge in [0.1, 0.15) is 10.7 Å². The topological polar surface area (TPSA) is 71.1 Å². The van der Waals surface area contributed by atoms with E-state index in [9.17, 15) is 8.42 Å². The van der Waals surface area contributed by atoms with Crippen molar-refractivity contribution in [3.8, 4) is 0 Å². The first-order chi connectivity index (χ1) is 9.86. The first-order valence-corrected chi connectivity index (χ1v) is 9.06. The Morgan fingerprint density at radius 2 is 1.95 bits per heavy atom. The van der Waals surface area contributed by atoms with Crippen molar-refractivity contribution in [2.45, 2.75) is 57.9 Å². The fourth-order valence-corrected chi connectivity index (χ4v) is 3.37. The maximum absolute atomic E-state index is 12.5. The smallest absolute Gasteiger partial charge is 0.244 e. The first kappa shape index (κ1) is 17.9. The summed E-state index contributed by atoms with van der Waals surface area (Å²) in [6.07, 6.45) is 4.33. The van der Waals surface area contributed by atoms with Crippen LogP contribution in [0.5, 0.6) is 0 Å². The number of rotatable bonds is 9. The lowest BCUT2D eigenvalue weighted by Gasteiger charge is -2.17. The zero-order valence-electron chi connectivity index (χ0n) is 13.4. The van der Waals surface area contributed by atoms with Crippen molar-refractivity contribution in [1.82, 2.24) is 9.71 Å². The van der Waals surface area contributed by atoms with E-state index in [1.807, 2.05) is 13.8 Å². The van der Waals surface area contributed by atoms with E-state index in [1.165, 1.54) is 0 Å². The molecule has 1 heterocycles. The SMILES string of the molecule is CCCNc1ncccc1S(=O)(=O)NC(C)CCC(C)C. The second-order valence-corrected chi connectivity index (χ2v) is 7.45. The van der Waals surface area contributed by atoms with Crippen LogP contribution < -0.4 is 10.0 Å². The van der Waals surface area contributed by atoms with E-state index in [0.29, 0.717) is 18.3 Å². The second kappa shape index (κ2) is 8.34. The van der Waals surface area contributed by atoms with Gasteiger partial charge < -0.3 is 5.32 Å². The molecule has 6 heteroatoms. The Bertz CT molecular complexity index is 529. The molecule has 0 radical (unpaired) electrons. The number of aromatic nitrogens is 1. The molecule has 0 aliphatic carbocycles. The molecular weight excluding hydrogens is 286 g/mol. The summed E-state index contributed by atoms with van der Waals surface area (Å²) in [5.74, 6) is 0.986. The molecule has 0 amide bonds. The maximum atomic E-state index is 12.5. The molecule has 0 fully saturated rings. The lowest BCUT2D eigenvalue weighted by molar-refractivity contribution is 0.485. The molecule has 1 atom stereocenters. The Labute approximate surface area is 128 Å². The van der Waals surface area contributed by atoms with Crippen molar-refractivity contribution in [3.05, 3.63) is 18.3 Å². The van der Waals surface area contributed by atoms with Gasteiger partial charge in [0.05, 0.1) is 0 Å². The Kier molecular flexibility index (Phi) is 7.11. The van der Waals surface area contributed by atoms with Gasteiger partial charge >= 0.3 is 0 Å². The predicted octanol–water partition coefficient (Wildman–Crippen LogP) is 3.01. The van der Waals surface area contributed by atoms with Crippen LogP contribution in [0, 0.1) is 5.92 Å². The summed E-state index contributed by atoms with van der Waals surface area (Å²) in [6.45, 7) is 8.89. The molecule has 0 saturated carbocycles. The predicted molar refractivity (Wildman–Crippen MR) is 86.9 cm³/mol. The van der Waals surface area contributed by atoms with Gasteiger partial charge in [0.2, 0.25) is 10.0 Å². The molecule has 120 valence electrons. The van der Waals surface area contributed by atoms with Gasteiger partial charge in [-0.25, -0.2) is 18.1 Å². The van der Waals surface area contributed by atoms with Gasteiger partial charge in [0.15, 0.2) is 0 Å². The zero-order chi connectivity index (χ0) is 15.9. The van der Waals surface area contributed by atoms with Gasteiger partial charge in [-0.2, -0.15) is 0 Å². The van der Waals surface area contributed by atoms with Crippen LogP contribution in [0.4, 0.5) is 5.82 Å². The summed E-state index contributed by atoms with van der Waals surface area (Å²) < 4.78 is 27.7. The largest absolute Gasteiger partial charge is 0.369 e. The lowest BCUT2D eigenvalue weighted by Crippen LogP contribution is -2.33. The number of nitrogens with one attached hydrogen (secondary N) is 2. The summed E-state index contributed by atoms with van der Waals surface area (Å²) in [5.41, 5.74) is 0. The number of pyridine rings is 1. The quantitative estimate of drug-likeness (QED) is 0.735. The Balaban J connectivity index is 2.82. The third-order valence-corrected chi connectivity index (χ3v) is 4.76. The number of hydrogen-bond donors (Lipinski definition) is 2. The summed E-state index contributed by atoms with van der Waals surface area (Å²) >= 11 is 0. The van der Waals surface area contributed by atoms with Gasteiger partial charge in [-0.15, -0.1) is 0 Å². The van der Waals surface area contributed by atoms with Gasteiger partial charge in [-0.05, 0) is 44.2 Å². The van der Waals surface area contributed by atoms with Crippen LogP contribution in [0.1, 0.15) is 47.0 Å². The minimum absolute atomic E-state index is 0.0865. The summed E-state index contributed by atoms with van der Waals surface area (Å²) in [6, 6.07) is 3.14. The van der Waals surface area contributed by atoms with Crippen molar-refractivity contribution in [2.24, 2.45) is 5.92 Å². The van der Waals surface area contributed by atoms with Crippen LogP contribution in [0.2, 0.25) is 0 Å². The van der Waals surface area contributed by atoms with E-state index in [1.54, 1.807) is 18.3 Å². The van der Waals surface area contributed by atoms with Gasteiger partial charge in [-0.1, -0.05) is 20.8 Å². The molecule has 1 aromatic heterocycles. The monoisotopic (exact) mass is 313 g/mol. The zero-order valence-corrected chi connectivity index (χ0v) is 14.2. The van der Waals surface area contributed by atoms with Crippen molar-refractivity contribution in [1.29, 1.82) is 0 Å². The summed E-state index contributed by atoms with van der Waals surface area (Å²) in [5, 5.41) is 3.06. The van der Waals surface area contributed by atoms with Gasteiger partial charge in [0, 0.05) is 18.8 Å². The van der Waals surface area contributed by atoms with Crippen LogP contribution in [-0.4, -0.2) is 26.0 Å². The van der Waals surface area contributed by atoms with E-state index in [0.717, 1.165) is 19.3 Å². The molecule has 1 rings (SSSR count). The molecule has 1 unspecified atom stereocenters. The average Bonchev–Trinajstić information content (AvgIpc) is 2.42. The van der Waals surface area contributed by atoms with Crippen molar-refractivity contribution in [2.75, 3.05) is 11.9 Å². The normalized spacial score (nSPS) is 13.4. The summed E-state index contributed by atoms with van der Waals surface area (Å²) in [7, 11) is -3.54. The molecule has 0 spiro atoms. The second-order valence-electron chi connectivity index (χ2n) is 5.77. The molecule has 0 aliphatic heterocycles. The van der Waals surface area contributed by atoms with E-state index >= 15 is 0 Å². The van der Waals surface area contributed by atoms with Gasteiger partial charge in [0.25, 0.3) is 0 Å². The van der Waals surface area contributed by atoms with Gasteiger partial charge in [-0.3, -0.25) is 0 Å². The third kappa shape index (κ3) is 6.01. The minimum atomic E-state index is -3.54. The Hall–Kier alpha value is -1.14. The van der Waals surface area contributed by atoms with Crippen molar-refractivity contribution < 1.29 is 8.42 Å². The molecule has 0 aliphatic rings. The molecule has 2 N–H and O–H groups in total. The number of anilines is 1. The highest BCUT2D eigenvalue weighted by Crippen LogP contribution is 2.19. The summed E-state index contributed by atoms with van der Waals surface area (Å²) in [4.78, 5) is 4.35. The van der Waals surface area contributed by atoms with E-state index < -0.39 is 10.0 Å². The number of sulfonamides is 1. The Morgan fingerprint density at radius 3 is 2.57 bits per heavy atom. The van der Waals surface area contributed by atoms with Crippen molar-refractivity contribution in [3.63, 3.8) is 0 Å². The molecule has 0 aromatic carbocycles. The minimum Gasteiger partial charge on any atom is -0.369 e. The average molecular weight is 313 g/mol. The standard InChI is InChI=1S/C15H27N3O2S/c1-5-10-16-15-14(7-6-11-17-15)21(19,20)18-13(4)9-8-12(2)3/h6-7,11-13,18H,5,8-10H2,1-4H3,(H,16,17). The molecule has 1 aromatic rings. The molecular formula is C15H27N3O2S. The molecule has 5 nitrogen and oxygen atoms in total. The van der Waals surface area contributed by atoms with Crippen LogP contribution in [0.3, 0.4) is 0 Å². The fraction of sp³-hybridized carbons (Fsp3) is 0.667. The highest BCUT2D eigenvalue weighted by molar-refractivity contribution is 7.89. The third-order valence-electron chi connectivity index (χ3n) is 3.14. The first-order valence-electron chi connectivity index (χ1n) is 7.58. The maximum Gasteiger partial charge on any atom is 0.244 e. The number of nitrogens with zero attached hydrogens (tertiary/aromatic N) is 1. The van der Waals surface area contributed by atoms with Crippen molar-refractivity contribution >= 4 is 15.8 Å².